The zero-order valence-corrected chi connectivity index (χ0v) is 23.7. The normalized spacial score (nSPS) is 13.7. The van der Waals surface area contributed by atoms with Crippen LogP contribution < -0.4 is 33.2 Å². The quantitative estimate of drug-likeness (QED) is 0.0629. The van der Waals surface area contributed by atoms with E-state index in [0.29, 0.717) is 12.0 Å². The van der Waals surface area contributed by atoms with Gasteiger partial charge in [-0.3, -0.25) is 24.2 Å². The summed E-state index contributed by atoms with van der Waals surface area (Å²) in [6.45, 7) is 1.48. The molecule has 0 aliphatic carbocycles. The molecular weight excluding hydrogens is 556 g/mol. The first-order chi connectivity index (χ1) is 20.4. The van der Waals surface area contributed by atoms with Crippen LogP contribution in [0.1, 0.15) is 30.9 Å². The van der Waals surface area contributed by atoms with Crippen molar-refractivity contribution in [1.29, 1.82) is 0 Å². The number of fused-ring (bicyclic) bond motifs is 1. The van der Waals surface area contributed by atoms with Gasteiger partial charge in [0.15, 0.2) is 5.96 Å². The van der Waals surface area contributed by atoms with Crippen LogP contribution in [0.15, 0.2) is 59.7 Å². The topological polar surface area (TPSA) is 251 Å². The van der Waals surface area contributed by atoms with Gasteiger partial charge in [0.05, 0.1) is 6.04 Å². The Kier molecular flexibility index (Phi) is 11.5. The zero-order valence-electron chi connectivity index (χ0n) is 23.7. The van der Waals surface area contributed by atoms with Crippen molar-refractivity contribution in [3.63, 3.8) is 0 Å². The number of carbonyl (C=O) groups excluding carboxylic acids is 3. The highest BCUT2D eigenvalue weighted by Gasteiger charge is 2.30. The Morgan fingerprint density at radius 1 is 0.907 bits per heavy atom. The number of hydrogen-bond donors (Lipinski definition) is 9. The molecule has 0 radical (unpaired) electrons. The molecule has 3 rings (SSSR count). The van der Waals surface area contributed by atoms with E-state index in [-0.39, 0.29) is 37.5 Å². The third-order valence-corrected chi connectivity index (χ3v) is 6.77. The van der Waals surface area contributed by atoms with Crippen LogP contribution in [-0.2, 0) is 32.0 Å². The monoisotopic (exact) mass is 594 g/mol. The largest absolute Gasteiger partial charge is 0.508 e. The lowest BCUT2D eigenvalue weighted by Gasteiger charge is -2.25. The van der Waals surface area contributed by atoms with Crippen molar-refractivity contribution in [3.05, 3.63) is 65.9 Å². The molecule has 0 saturated heterocycles. The number of carbonyl (C=O) groups is 4. The fraction of sp³-hybridized carbons (Fsp3) is 0.345. The number of benzene rings is 2. The number of aromatic amines is 1. The molecule has 0 aliphatic rings. The molecule has 0 aliphatic heterocycles. The Labute approximate surface area is 248 Å². The number of carboxylic acids is 1. The van der Waals surface area contributed by atoms with Gasteiger partial charge in [0, 0.05) is 30.1 Å². The van der Waals surface area contributed by atoms with Gasteiger partial charge in [0.25, 0.3) is 0 Å². The van der Waals surface area contributed by atoms with Crippen LogP contribution in [0.25, 0.3) is 10.9 Å². The molecule has 1 heterocycles. The summed E-state index contributed by atoms with van der Waals surface area (Å²) in [6.07, 6.45) is 2.35. The summed E-state index contributed by atoms with van der Waals surface area (Å²) >= 11 is 0. The molecule has 1 aromatic heterocycles. The van der Waals surface area contributed by atoms with Crippen LogP contribution in [0.3, 0.4) is 0 Å². The van der Waals surface area contributed by atoms with Crippen LogP contribution in [0.2, 0.25) is 0 Å². The zero-order chi connectivity index (χ0) is 31.5. The number of amides is 3. The first-order valence-corrected chi connectivity index (χ1v) is 13.7. The Hall–Kier alpha value is -5.11. The number of rotatable bonds is 15. The Morgan fingerprint density at radius 2 is 1.56 bits per heavy atom. The number of nitrogens with two attached hydrogens (primary N) is 3. The van der Waals surface area contributed by atoms with Gasteiger partial charge in [-0.05, 0) is 55.5 Å². The van der Waals surface area contributed by atoms with Crippen molar-refractivity contribution in [2.24, 2.45) is 22.2 Å². The third kappa shape index (κ3) is 9.74. The van der Waals surface area contributed by atoms with Crippen molar-refractivity contribution in [2.45, 2.75) is 56.8 Å². The van der Waals surface area contributed by atoms with E-state index in [4.69, 9.17) is 17.2 Å². The second kappa shape index (κ2) is 15.2. The van der Waals surface area contributed by atoms with Gasteiger partial charge in [0.1, 0.15) is 23.9 Å². The molecule has 4 unspecified atom stereocenters. The number of carboxylic acid groups (broad SMARTS) is 1. The van der Waals surface area contributed by atoms with Crippen LogP contribution in [0.4, 0.5) is 0 Å². The van der Waals surface area contributed by atoms with Crippen LogP contribution in [-0.4, -0.2) is 75.6 Å². The number of guanidine groups is 1. The van der Waals surface area contributed by atoms with E-state index in [1.807, 2.05) is 24.3 Å². The lowest BCUT2D eigenvalue weighted by atomic mass is 10.0. The number of aromatic nitrogens is 1. The summed E-state index contributed by atoms with van der Waals surface area (Å²) in [4.78, 5) is 58.2. The Bertz CT molecular complexity index is 1450. The maximum absolute atomic E-state index is 13.7. The second-order valence-corrected chi connectivity index (χ2v) is 10.2. The van der Waals surface area contributed by atoms with Crippen molar-refractivity contribution in [1.82, 2.24) is 20.9 Å². The molecule has 3 aromatic rings. The molecule has 12 N–H and O–H groups in total. The fourth-order valence-corrected chi connectivity index (χ4v) is 4.41. The van der Waals surface area contributed by atoms with Gasteiger partial charge in [-0.25, -0.2) is 0 Å². The minimum Gasteiger partial charge on any atom is -0.508 e. The lowest BCUT2D eigenvalue weighted by Crippen LogP contribution is -2.57. The number of phenols is 1. The average molecular weight is 595 g/mol. The Morgan fingerprint density at radius 3 is 2.23 bits per heavy atom. The van der Waals surface area contributed by atoms with E-state index >= 15 is 0 Å². The highest BCUT2D eigenvalue weighted by atomic mass is 16.4. The van der Waals surface area contributed by atoms with Crippen LogP contribution in [0.5, 0.6) is 5.75 Å². The number of hydrogen-bond acceptors (Lipinski definition) is 7. The second-order valence-electron chi connectivity index (χ2n) is 10.2. The predicted molar refractivity (Wildman–Crippen MR) is 161 cm³/mol. The maximum atomic E-state index is 13.7. The van der Waals surface area contributed by atoms with E-state index in [1.165, 1.54) is 19.1 Å². The van der Waals surface area contributed by atoms with Crippen molar-refractivity contribution in [3.8, 4) is 5.75 Å². The molecule has 0 saturated carbocycles. The minimum atomic E-state index is -1.24. The maximum Gasteiger partial charge on any atom is 0.325 e. The van der Waals surface area contributed by atoms with E-state index in [9.17, 15) is 29.4 Å². The standard InChI is InChI=1S/C29H38N8O6/c1-16(28(42)43)35-26(40)23(7-4-12-33-29(31)32)36-27(41)24(14-18-15-34-22-6-3-2-5-20(18)22)37-25(39)21(30)13-17-8-10-19(38)11-9-17/h2-3,5-6,8-11,15-16,21,23-24,34,38H,4,7,12-14,30H2,1H3,(H,35,40)(H,36,41)(H,37,39)(H,42,43)(H4,31,32,33). The summed E-state index contributed by atoms with van der Waals surface area (Å²) < 4.78 is 0. The van der Waals surface area contributed by atoms with Crippen LogP contribution >= 0.6 is 0 Å². The third-order valence-electron chi connectivity index (χ3n) is 6.77. The number of aliphatic carboxylic acids is 1. The number of H-pyrrole nitrogens is 1. The van der Waals surface area contributed by atoms with Gasteiger partial charge in [-0.2, -0.15) is 0 Å². The van der Waals surface area contributed by atoms with Crippen LogP contribution in [0, 0.1) is 0 Å². The molecular formula is C29H38N8O6. The SMILES string of the molecule is CC(NC(=O)C(CCCN=C(N)N)NC(=O)C(Cc1c[nH]c2ccccc12)NC(=O)C(N)Cc1ccc(O)cc1)C(=O)O. The molecule has 0 fully saturated rings. The molecule has 43 heavy (non-hydrogen) atoms. The molecule has 14 heteroatoms. The summed E-state index contributed by atoms with van der Waals surface area (Å²) in [5, 5.41) is 27.4. The smallest absolute Gasteiger partial charge is 0.325 e. The molecule has 3 amide bonds. The van der Waals surface area contributed by atoms with Gasteiger partial charge in [-0.1, -0.05) is 30.3 Å². The highest BCUT2D eigenvalue weighted by molar-refractivity contribution is 5.95. The number of nitrogens with zero attached hydrogens (tertiary/aromatic N) is 1. The lowest BCUT2D eigenvalue weighted by molar-refractivity contribution is -0.141. The average Bonchev–Trinajstić information content (AvgIpc) is 3.37. The number of phenolic OH excluding ortho intramolecular Hbond substituents is 1. The van der Waals surface area contributed by atoms with E-state index in [1.54, 1.807) is 18.3 Å². The van der Waals surface area contributed by atoms with Crippen molar-refractivity contribution >= 4 is 40.6 Å². The predicted octanol–water partition coefficient (Wildman–Crippen LogP) is -0.401. The molecule has 230 valence electrons. The molecule has 0 bridgehead atoms. The molecule has 4 atom stereocenters. The summed E-state index contributed by atoms with van der Waals surface area (Å²) in [5.74, 6) is -3.27. The minimum absolute atomic E-state index is 0.0708. The van der Waals surface area contributed by atoms with Crippen molar-refractivity contribution in [2.75, 3.05) is 6.54 Å². The number of aliphatic imine (C=N–C) groups is 1. The molecule has 14 nitrogen and oxygen atoms in total. The van der Waals surface area contributed by atoms with Gasteiger partial charge >= 0.3 is 5.97 Å². The summed E-state index contributed by atoms with van der Waals surface area (Å²) in [6, 6.07) is 9.21. The number of para-hydroxylation sites is 1. The van der Waals surface area contributed by atoms with Gasteiger partial charge in [0.2, 0.25) is 17.7 Å². The first-order valence-electron chi connectivity index (χ1n) is 13.7. The van der Waals surface area contributed by atoms with Crippen molar-refractivity contribution < 1.29 is 29.4 Å². The molecule has 0 spiro atoms. The Balaban J connectivity index is 1.82. The first kappa shape index (κ1) is 32.4. The summed E-state index contributed by atoms with van der Waals surface area (Å²) in [5.41, 5.74) is 19.2. The molecule has 2 aromatic carbocycles. The highest BCUT2D eigenvalue weighted by Crippen LogP contribution is 2.19. The number of nitrogens with one attached hydrogen (secondary N) is 4. The van der Waals surface area contributed by atoms with E-state index in [0.717, 1.165) is 16.5 Å². The van der Waals surface area contributed by atoms with Gasteiger partial charge < -0.3 is 48.3 Å². The fourth-order valence-electron chi connectivity index (χ4n) is 4.41. The van der Waals surface area contributed by atoms with Gasteiger partial charge in [-0.15, -0.1) is 0 Å². The van der Waals surface area contributed by atoms with E-state index in [2.05, 4.69) is 25.9 Å². The summed E-state index contributed by atoms with van der Waals surface area (Å²) in [7, 11) is 0. The number of aromatic hydroxyl groups is 1. The van der Waals surface area contributed by atoms with E-state index < -0.39 is 47.9 Å².